The smallest absolute Gasteiger partial charge is 0.155 e. The van der Waals surface area contributed by atoms with Gasteiger partial charge in [0.05, 0.1) is 5.76 Å². The van der Waals surface area contributed by atoms with E-state index >= 15 is 0 Å². The Balaban J connectivity index is 0.000000395. The van der Waals surface area contributed by atoms with Crippen molar-refractivity contribution in [1.82, 2.24) is 4.98 Å². The Morgan fingerprint density at radius 3 is 2.33 bits per heavy atom. The number of nitrogens with zero attached hydrogens (tertiary/aromatic N) is 1. The number of carbonyl (C=O) groups is 1. The predicted octanol–water partition coefficient (Wildman–Crippen LogP) is 5.66. The van der Waals surface area contributed by atoms with Gasteiger partial charge in [0.25, 0.3) is 0 Å². The first-order valence-electron chi connectivity index (χ1n) is 8.51. The molecule has 27 heavy (non-hydrogen) atoms. The molecule has 0 aliphatic heterocycles. The van der Waals surface area contributed by atoms with Crippen LogP contribution in [0.1, 0.15) is 30.5 Å². The second-order valence-electron chi connectivity index (χ2n) is 6.46. The molecule has 2 aromatic carbocycles. The van der Waals surface area contributed by atoms with E-state index in [0.29, 0.717) is 0 Å². The predicted molar refractivity (Wildman–Crippen MR) is 107 cm³/mol. The Morgan fingerprint density at radius 2 is 1.78 bits per heavy atom. The van der Waals surface area contributed by atoms with Crippen molar-refractivity contribution in [3.8, 4) is 11.3 Å². The van der Waals surface area contributed by atoms with Crippen LogP contribution in [-0.2, 0) is 24.9 Å². The van der Waals surface area contributed by atoms with Gasteiger partial charge >= 0.3 is 0 Å². The molecule has 0 bridgehead atoms. The summed E-state index contributed by atoms with van der Waals surface area (Å²) in [5, 5.41) is 10.8. The third kappa shape index (κ3) is 6.13. The first-order chi connectivity index (χ1) is 12.3. The number of aliphatic hydroxyl groups excluding tert-OH is 1. The van der Waals surface area contributed by atoms with Crippen LogP contribution < -0.4 is 0 Å². The Hall–Kier alpha value is -2.29. The maximum Gasteiger partial charge on any atom is 0.155 e. The summed E-state index contributed by atoms with van der Waals surface area (Å²) in [5.41, 5.74) is 5.81. The number of rotatable bonds is 2. The van der Waals surface area contributed by atoms with Crippen LogP contribution in [0.3, 0.4) is 0 Å². The number of aliphatic hydroxyl groups is 1. The molecule has 3 aromatic rings. The minimum absolute atomic E-state index is 0. The fraction of sp³-hybridized carbons (Fsp3) is 0.217. The molecule has 0 fully saturated rings. The number of hydrogen-bond donors (Lipinski definition) is 1. The van der Waals surface area contributed by atoms with E-state index in [1.807, 2.05) is 18.3 Å². The average molecular weight is 539 g/mol. The summed E-state index contributed by atoms with van der Waals surface area (Å²) in [7, 11) is 0. The van der Waals surface area contributed by atoms with Gasteiger partial charge in [0, 0.05) is 32.4 Å². The van der Waals surface area contributed by atoms with Crippen LogP contribution in [-0.4, -0.2) is 15.9 Å². The van der Waals surface area contributed by atoms with Gasteiger partial charge in [-0.3, -0.25) is 4.79 Å². The summed E-state index contributed by atoms with van der Waals surface area (Å²) in [5.74, 6) is -0.0625. The fourth-order valence-electron chi connectivity index (χ4n) is 2.77. The van der Waals surface area contributed by atoms with Crippen molar-refractivity contribution < 1.29 is 30.0 Å². The van der Waals surface area contributed by atoms with Gasteiger partial charge in [0.1, 0.15) is 0 Å². The van der Waals surface area contributed by atoms with Crippen molar-refractivity contribution >= 4 is 16.6 Å². The topological polar surface area (TPSA) is 50.2 Å². The second-order valence-corrected chi connectivity index (χ2v) is 6.46. The van der Waals surface area contributed by atoms with E-state index in [-0.39, 0.29) is 31.6 Å². The van der Waals surface area contributed by atoms with Crippen molar-refractivity contribution in [3.05, 3.63) is 77.2 Å². The minimum atomic E-state index is -0.125. The van der Waals surface area contributed by atoms with Crippen LogP contribution in [0.4, 0.5) is 0 Å². The third-order valence-electron chi connectivity index (χ3n) is 3.96. The van der Waals surface area contributed by atoms with Gasteiger partial charge in [-0.05, 0) is 49.7 Å². The second kappa shape index (κ2) is 10.1. The Kier molecular flexibility index (Phi) is 8.55. The molecular formula is C23H24IrNO2-. The number of pyridine rings is 1. The molecule has 0 amide bonds. The molecule has 3 rings (SSSR count). The molecule has 143 valence electrons. The zero-order chi connectivity index (χ0) is 19.3. The standard InChI is InChI=1S/C18H16N.C5H8O2.Ir/c1-12-8-9-15-14(3)11-19-18(17(15)10-12)16-7-5-4-6-13(16)2;1-4(6)3-5(2)7;/h4-6,8-11H,1-3H3;3,6H,1-2H3;/q-1;;/b;4-3-;. The van der Waals surface area contributed by atoms with Gasteiger partial charge in [-0.1, -0.05) is 30.7 Å². The Labute approximate surface area is 174 Å². The van der Waals surface area contributed by atoms with Crippen LogP contribution in [0.2, 0.25) is 0 Å². The number of fused-ring (bicyclic) bond motifs is 1. The van der Waals surface area contributed by atoms with Crippen LogP contribution in [0.5, 0.6) is 0 Å². The van der Waals surface area contributed by atoms with E-state index in [2.05, 4.69) is 56.1 Å². The van der Waals surface area contributed by atoms with Gasteiger partial charge in [0.15, 0.2) is 5.78 Å². The molecule has 0 aliphatic carbocycles. The summed E-state index contributed by atoms with van der Waals surface area (Å²) >= 11 is 0. The molecule has 0 saturated heterocycles. The van der Waals surface area contributed by atoms with E-state index in [0.717, 1.165) is 11.3 Å². The molecule has 1 aromatic heterocycles. The normalized spacial score (nSPS) is 10.6. The van der Waals surface area contributed by atoms with Gasteiger partial charge in [-0.25, -0.2) is 0 Å². The molecule has 1 heterocycles. The molecule has 1 radical (unpaired) electrons. The van der Waals surface area contributed by atoms with Crippen LogP contribution >= 0.6 is 0 Å². The number of hydrogen-bond acceptors (Lipinski definition) is 3. The van der Waals surface area contributed by atoms with E-state index in [4.69, 9.17) is 5.11 Å². The number of aromatic nitrogens is 1. The van der Waals surface area contributed by atoms with Gasteiger partial charge in [-0.2, -0.15) is 0 Å². The average Bonchev–Trinajstić information content (AvgIpc) is 2.55. The van der Waals surface area contributed by atoms with E-state index in [9.17, 15) is 4.79 Å². The Morgan fingerprint density at radius 1 is 1.07 bits per heavy atom. The minimum Gasteiger partial charge on any atom is -0.512 e. The maximum absolute atomic E-state index is 10.0. The number of carbonyl (C=O) groups excluding carboxylic acids is 1. The summed E-state index contributed by atoms with van der Waals surface area (Å²) < 4.78 is 0. The molecule has 0 atom stereocenters. The molecule has 0 unspecified atom stereocenters. The molecule has 0 saturated carbocycles. The molecule has 3 nitrogen and oxygen atoms in total. The first-order valence-corrected chi connectivity index (χ1v) is 8.51. The van der Waals surface area contributed by atoms with Crippen LogP contribution in [0.25, 0.3) is 22.0 Å². The number of ketones is 1. The van der Waals surface area contributed by atoms with Gasteiger partial charge in [-0.15, -0.1) is 35.4 Å². The van der Waals surface area contributed by atoms with E-state index in [1.165, 1.54) is 47.4 Å². The van der Waals surface area contributed by atoms with Gasteiger partial charge in [0.2, 0.25) is 0 Å². The first kappa shape index (κ1) is 22.7. The monoisotopic (exact) mass is 539 g/mol. The zero-order valence-corrected chi connectivity index (χ0v) is 18.6. The largest absolute Gasteiger partial charge is 0.512 e. The molecule has 1 N–H and O–H groups in total. The number of allylic oxidation sites excluding steroid dienone is 2. The number of benzene rings is 2. The summed E-state index contributed by atoms with van der Waals surface area (Å²) in [4.78, 5) is 14.7. The summed E-state index contributed by atoms with van der Waals surface area (Å²) in [6, 6.07) is 15.9. The van der Waals surface area contributed by atoms with Crippen LogP contribution in [0.15, 0.2) is 54.4 Å². The molecular weight excluding hydrogens is 514 g/mol. The van der Waals surface area contributed by atoms with Crippen molar-refractivity contribution in [2.24, 2.45) is 0 Å². The molecule has 0 spiro atoms. The summed E-state index contributed by atoms with van der Waals surface area (Å²) in [6.45, 7) is 9.18. The van der Waals surface area contributed by atoms with E-state index in [1.54, 1.807) is 0 Å². The maximum atomic E-state index is 10.0. The SMILES string of the molecule is CC(=O)/C=C(/C)O.Cc1ccc2c(C)cnc(-c3[c-]cccc3C)c2c1.[Ir]. The van der Waals surface area contributed by atoms with E-state index < -0.39 is 0 Å². The summed E-state index contributed by atoms with van der Waals surface area (Å²) in [6.07, 6.45) is 3.12. The van der Waals surface area contributed by atoms with Crippen molar-refractivity contribution in [3.63, 3.8) is 0 Å². The van der Waals surface area contributed by atoms with Crippen LogP contribution in [0, 0.1) is 26.8 Å². The van der Waals surface area contributed by atoms with Gasteiger partial charge < -0.3 is 10.1 Å². The van der Waals surface area contributed by atoms with Crippen molar-refractivity contribution in [2.45, 2.75) is 34.6 Å². The molecule has 4 heteroatoms. The fourth-order valence-corrected chi connectivity index (χ4v) is 2.77. The third-order valence-corrected chi connectivity index (χ3v) is 3.96. The Bertz CT molecular complexity index is 973. The molecule has 0 aliphatic rings. The van der Waals surface area contributed by atoms with Crippen molar-refractivity contribution in [1.29, 1.82) is 0 Å². The van der Waals surface area contributed by atoms with Crippen molar-refractivity contribution in [2.75, 3.05) is 0 Å². The number of aryl methyl sites for hydroxylation is 3. The zero-order valence-electron chi connectivity index (χ0n) is 16.3. The quantitative estimate of drug-likeness (QED) is 0.260.